The summed E-state index contributed by atoms with van der Waals surface area (Å²) in [6.07, 6.45) is 0. The van der Waals surface area contributed by atoms with Crippen molar-refractivity contribution in [2.75, 3.05) is 19.1 Å². The van der Waals surface area contributed by atoms with Crippen LogP contribution in [0.3, 0.4) is 0 Å². The van der Waals surface area contributed by atoms with E-state index in [0.29, 0.717) is 34.4 Å². The molecular weight excluding hydrogens is 350 g/mol. The molecule has 0 bridgehead atoms. The van der Waals surface area contributed by atoms with Crippen molar-refractivity contribution in [1.82, 2.24) is 9.78 Å². The number of para-hydroxylation sites is 2. The fourth-order valence-electron chi connectivity index (χ4n) is 2.84. The number of anilines is 1. The van der Waals surface area contributed by atoms with Crippen molar-refractivity contribution in [1.29, 1.82) is 0 Å². The van der Waals surface area contributed by atoms with Gasteiger partial charge in [0.15, 0.2) is 0 Å². The molecule has 0 N–H and O–H groups in total. The Balaban J connectivity index is 1.92. The summed E-state index contributed by atoms with van der Waals surface area (Å²) in [5.41, 5.74) is 2.73. The first-order chi connectivity index (χ1) is 12.5. The Morgan fingerprint density at radius 1 is 1.15 bits per heavy atom. The van der Waals surface area contributed by atoms with E-state index in [4.69, 9.17) is 16.3 Å². The van der Waals surface area contributed by atoms with Crippen LogP contribution in [0.5, 0.6) is 5.75 Å². The van der Waals surface area contributed by atoms with E-state index in [9.17, 15) is 4.79 Å². The Bertz CT molecular complexity index is 922. The number of rotatable bonds is 5. The number of ether oxygens (including phenoxy) is 1. The Hall–Kier alpha value is -2.79. The molecule has 0 spiro atoms. The summed E-state index contributed by atoms with van der Waals surface area (Å²) in [6, 6.07) is 17.2. The highest BCUT2D eigenvalue weighted by molar-refractivity contribution is 6.33. The van der Waals surface area contributed by atoms with Crippen LogP contribution < -0.4 is 9.64 Å². The maximum absolute atomic E-state index is 13.1. The van der Waals surface area contributed by atoms with Gasteiger partial charge in [0.25, 0.3) is 5.91 Å². The number of hydrogen-bond acceptors (Lipinski definition) is 3. The van der Waals surface area contributed by atoms with Crippen LogP contribution in [0.15, 0.2) is 54.6 Å². The van der Waals surface area contributed by atoms with E-state index in [1.165, 1.54) is 4.90 Å². The molecule has 1 aromatic heterocycles. The Labute approximate surface area is 157 Å². The quantitative estimate of drug-likeness (QED) is 0.677. The van der Waals surface area contributed by atoms with Crippen LogP contribution in [-0.2, 0) is 6.54 Å². The lowest BCUT2D eigenvalue weighted by Crippen LogP contribution is -2.27. The topological polar surface area (TPSA) is 47.4 Å². The van der Waals surface area contributed by atoms with Gasteiger partial charge in [0.2, 0.25) is 0 Å². The molecule has 26 heavy (non-hydrogen) atoms. The van der Waals surface area contributed by atoms with Crippen LogP contribution in [0.4, 0.5) is 5.69 Å². The van der Waals surface area contributed by atoms with Crippen LogP contribution in [0.25, 0.3) is 0 Å². The van der Waals surface area contributed by atoms with Crippen LogP contribution in [-0.4, -0.2) is 29.8 Å². The first-order valence-electron chi connectivity index (χ1n) is 8.20. The second-order valence-electron chi connectivity index (χ2n) is 5.93. The average molecular weight is 370 g/mol. The maximum Gasteiger partial charge on any atom is 0.263 e. The molecule has 0 aliphatic heterocycles. The van der Waals surface area contributed by atoms with Gasteiger partial charge in [-0.1, -0.05) is 54.1 Å². The lowest BCUT2D eigenvalue weighted by atomic mass is 10.2. The van der Waals surface area contributed by atoms with Gasteiger partial charge in [0.1, 0.15) is 10.9 Å². The summed E-state index contributed by atoms with van der Waals surface area (Å²) in [6.45, 7) is 2.29. The maximum atomic E-state index is 13.1. The number of nitrogens with zero attached hydrogens (tertiary/aromatic N) is 3. The average Bonchev–Trinajstić information content (AvgIpc) is 2.94. The predicted octanol–water partition coefficient (Wildman–Crippen LogP) is 4.18. The summed E-state index contributed by atoms with van der Waals surface area (Å²) < 4.78 is 7.00. The van der Waals surface area contributed by atoms with Crippen LogP contribution >= 0.6 is 11.6 Å². The number of benzene rings is 2. The van der Waals surface area contributed by atoms with E-state index in [-0.39, 0.29) is 5.91 Å². The second kappa shape index (κ2) is 7.62. The number of aryl methyl sites for hydroxylation is 1. The van der Waals surface area contributed by atoms with Gasteiger partial charge in [-0.3, -0.25) is 4.79 Å². The zero-order valence-electron chi connectivity index (χ0n) is 14.9. The predicted molar refractivity (Wildman–Crippen MR) is 103 cm³/mol. The number of halogens is 1. The fourth-order valence-corrected chi connectivity index (χ4v) is 3.16. The van der Waals surface area contributed by atoms with E-state index < -0.39 is 0 Å². The zero-order valence-corrected chi connectivity index (χ0v) is 15.7. The Morgan fingerprint density at radius 2 is 1.81 bits per heavy atom. The van der Waals surface area contributed by atoms with Gasteiger partial charge in [-0.15, -0.1) is 0 Å². The summed E-state index contributed by atoms with van der Waals surface area (Å²) in [5, 5.41) is 4.78. The largest absolute Gasteiger partial charge is 0.495 e. The van der Waals surface area contributed by atoms with E-state index >= 15 is 0 Å². The first kappa shape index (κ1) is 18.0. The minimum atomic E-state index is -0.226. The van der Waals surface area contributed by atoms with E-state index in [2.05, 4.69) is 5.10 Å². The molecule has 0 radical (unpaired) electrons. The van der Waals surface area contributed by atoms with Crippen molar-refractivity contribution >= 4 is 23.2 Å². The molecule has 1 amide bonds. The highest BCUT2D eigenvalue weighted by Crippen LogP contribution is 2.30. The molecule has 0 saturated heterocycles. The fraction of sp³-hybridized carbons (Fsp3) is 0.200. The number of hydrogen-bond donors (Lipinski definition) is 0. The third-order valence-corrected chi connectivity index (χ3v) is 4.59. The summed E-state index contributed by atoms with van der Waals surface area (Å²) in [5.74, 6) is 0.394. The van der Waals surface area contributed by atoms with Crippen LogP contribution in [0.2, 0.25) is 5.15 Å². The standard InChI is InChI=1S/C20H20ClN3O2/c1-14-18(19(21)24(22-14)13-15-9-5-4-6-10-15)20(25)23(2)16-11-7-8-12-17(16)26-3/h4-12H,13H2,1-3H3. The summed E-state index contributed by atoms with van der Waals surface area (Å²) >= 11 is 6.50. The van der Waals surface area contributed by atoms with E-state index in [0.717, 1.165) is 5.56 Å². The Morgan fingerprint density at radius 3 is 2.50 bits per heavy atom. The van der Waals surface area contributed by atoms with Gasteiger partial charge in [0.05, 0.1) is 30.6 Å². The van der Waals surface area contributed by atoms with Gasteiger partial charge in [-0.25, -0.2) is 4.68 Å². The van der Waals surface area contributed by atoms with Gasteiger partial charge < -0.3 is 9.64 Å². The molecule has 0 unspecified atom stereocenters. The van der Waals surface area contributed by atoms with Crippen molar-refractivity contribution in [3.8, 4) is 5.75 Å². The van der Waals surface area contributed by atoms with Gasteiger partial charge in [-0.2, -0.15) is 5.10 Å². The van der Waals surface area contributed by atoms with Crippen LogP contribution in [0.1, 0.15) is 21.6 Å². The van der Waals surface area contributed by atoms with Gasteiger partial charge in [0, 0.05) is 7.05 Å². The third-order valence-electron chi connectivity index (χ3n) is 4.21. The minimum Gasteiger partial charge on any atom is -0.495 e. The molecule has 0 saturated carbocycles. The number of amides is 1. The number of aromatic nitrogens is 2. The Kier molecular flexibility index (Phi) is 5.28. The third kappa shape index (κ3) is 3.44. The minimum absolute atomic E-state index is 0.226. The first-order valence-corrected chi connectivity index (χ1v) is 8.58. The van der Waals surface area contributed by atoms with Gasteiger partial charge >= 0.3 is 0 Å². The molecule has 0 aliphatic carbocycles. The smallest absolute Gasteiger partial charge is 0.263 e. The number of carbonyl (C=O) groups excluding carboxylic acids is 1. The van der Waals surface area contributed by atoms with Crippen molar-refractivity contribution in [2.45, 2.75) is 13.5 Å². The molecule has 5 nitrogen and oxygen atoms in total. The van der Waals surface area contributed by atoms with Gasteiger partial charge in [-0.05, 0) is 24.6 Å². The highest BCUT2D eigenvalue weighted by atomic mass is 35.5. The molecule has 3 aromatic rings. The van der Waals surface area contributed by atoms with E-state index in [1.807, 2.05) is 54.6 Å². The molecule has 134 valence electrons. The lowest BCUT2D eigenvalue weighted by Gasteiger charge is -2.19. The van der Waals surface area contributed by atoms with Crippen molar-refractivity contribution in [3.05, 3.63) is 76.6 Å². The molecule has 6 heteroatoms. The molecule has 0 aliphatic rings. The summed E-state index contributed by atoms with van der Waals surface area (Å²) in [4.78, 5) is 14.6. The molecule has 3 rings (SSSR count). The van der Waals surface area contributed by atoms with Crippen molar-refractivity contribution in [3.63, 3.8) is 0 Å². The molecule has 1 heterocycles. The van der Waals surface area contributed by atoms with Crippen LogP contribution in [0, 0.1) is 6.92 Å². The summed E-state index contributed by atoms with van der Waals surface area (Å²) in [7, 11) is 3.28. The van der Waals surface area contributed by atoms with Crippen molar-refractivity contribution in [2.24, 2.45) is 0 Å². The molecule has 2 aromatic carbocycles. The normalized spacial score (nSPS) is 10.6. The lowest BCUT2D eigenvalue weighted by molar-refractivity contribution is 0.0992. The second-order valence-corrected chi connectivity index (χ2v) is 6.29. The van der Waals surface area contributed by atoms with Crippen molar-refractivity contribution < 1.29 is 9.53 Å². The monoisotopic (exact) mass is 369 g/mol. The zero-order chi connectivity index (χ0) is 18.7. The SMILES string of the molecule is COc1ccccc1N(C)C(=O)c1c(C)nn(Cc2ccccc2)c1Cl. The number of methoxy groups -OCH3 is 1. The highest BCUT2D eigenvalue weighted by Gasteiger charge is 2.25. The van der Waals surface area contributed by atoms with E-state index in [1.54, 1.807) is 25.8 Å². The molecule has 0 atom stereocenters. The molecular formula is C20H20ClN3O2. The number of carbonyl (C=O) groups is 1. The molecule has 0 fully saturated rings.